The molecule has 0 aliphatic rings. The average molecular weight is 566 g/mol. The quantitative estimate of drug-likeness (QED) is 0.202. The molecule has 15 nitrogen and oxygen atoms in total. The third kappa shape index (κ3) is 13.6. The van der Waals surface area contributed by atoms with Gasteiger partial charge in [-0.05, 0) is 0 Å². The number of carbonyl (C=O) groups is 8. The highest BCUT2D eigenvalue weighted by molar-refractivity contribution is 8.13. The molecule has 0 aliphatic carbocycles. The summed E-state index contributed by atoms with van der Waals surface area (Å²) in [5, 5.41) is 1.85. The van der Waals surface area contributed by atoms with Gasteiger partial charge in [0.1, 0.15) is 12.6 Å². The molecule has 1 amide bonds. The fourth-order valence-electron chi connectivity index (χ4n) is 2.86. The third-order valence-corrected chi connectivity index (χ3v) is 5.07. The molecule has 0 radical (unpaired) electrons. The maximum absolute atomic E-state index is 13.3. The van der Waals surface area contributed by atoms with Crippen LogP contribution in [0.4, 0.5) is 0 Å². The lowest BCUT2D eigenvalue weighted by Crippen LogP contribution is -2.59. The zero-order valence-electron chi connectivity index (χ0n) is 21.9. The molecule has 0 unspecified atom stereocenters. The molecule has 0 saturated heterocycles. The lowest BCUT2D eigenvalue weighted by Gasteiger charge is -2.35. The number of carbonyl (C=O) groups excluding carboxylic acids is 8. The zero-order valence-corrected chi connectivity index (χ0v) is 22.7. The number of thioether (sulfide) groups is 1. The molecule has 0 saturated carbocycles. The monoisotopic (exact) mass is 565 g/mol. The van der Waals surface area contributed by atoms with Crippen molar-refractivity contribution in [1.29, 1.82) is 0 Å². The van der Waals surface area contributed by atoms with E-state index < -0.39 is 78.8 Å². The van der Waals surface area contributed by atoms with Gasteiger partial charge < -0.3 is 33.7 Å². The van der Waals surface area contributed by atoms with Crippen LogP contribution in [0.3, 0.4) is 0 Å². The minimum Gasteiger partial charge on any atom is -0.467 e. The van der Waals surface area contributed by atoms with Crippen LogP contribution < -0.4 is 5.32 Å². The van der Waals surface area contributed by atoms with E-state index in [1.165, 1.54) is 6.92 Å². The van der Waals surface area contributed by atoms with Crippen molar-refractivity contribution in [3.05, 3.63) is 0 Å². The van der Waals surface area contributed by atoms with Crippen LogP contribution in [0.5, 0.6) is 0 Å². The van der Waals surface area contributed by atoms with Gasteiger partial charge in [0.25, 0.3) is 5.91 Å². The third-order valence-electron chi connectivity index (χ3n) is 4.17. The molecule has 5 atom stereocenters. The van der Waals surface area contributed by atoms with E-state index in [1.807, 2.05) is 0 Å². The van der Waals surface area contributed by atoms with Crippen LogP contribution in [-0.2, 0) is 66.8 Å². The summed E-state index contributed by atoms with van der Waals surface area (Å²) in [6.07, 6.45) is -7.55. The van der Waals surface area contributed by atoms with Crippen molar-refractivity contribution >= 4 is 58.6 Å². The maximum Gasteiger partial charge on any atom is 0.329 e. The van der Waals surface area contributed by atoms with Gasteiger partial charge in [0.15, 0.2) is 23.4 Å². The Balaban J connectivity index is 6.65. The molecule has 0 fully saturated rings. The standard InChI is InChI=1S/C22H31NO14S/c1-10(24)33-8-17(34-11(2)25)18(35-12(3)26)19(36-13(4)27)20(37-14(5)28)21(30)23-16(22(31)32-7)9-38-15(6)29/h16-20H,8-9H2,1-7H3,(H,23,30)/t16-,17+,18+,19-,20+/m0/s1. The van der Waals surface area contributed by atoms with E-state index in [1.54, 1.807) is 0 Å². The van der Waals surface area contributed by atoms with Crippen molar-refractivity contribution in [1.82, 2.24) is 5.32 Å². The van der Waals surface area contributed by atoms with E-state index in [4.69, 9.17) is 23.7 Å². The van der Waals surface area contributed by atoms with Crippen molar-refractivity contribution in [2.45, 2.75) is 72.0 Å². The van der Waals surface area contributed by atoms with E-state index in [9.17, 15) is 38.4 Å². The van der Waals surface area contributed by atoms with Crippen LogP contribution in [-0.4, -0.2) is 96.8 Å². The Bertz CT molecular complexity index is 920. The van der Waals surface area contributed by atoms with Crippen molar-refractivity contribution in [2.75, 3.05) is 19.5 Å². The lowest BCUT2D eigenvalue weighted by molar-refractivity contribution is -0.203. The van der Waals surface area contributed by atoms with Gasteiger partial charge in [0.05, 0.1) is 7.11 Å². The van der Waals surface area contributed by atoms with Crippen molar-refractivity contribution < 1.29 is 66.8 Å². The zero-order chi connectivity index (χ0) is 29.6. The first kappa shape index (κ1) is 34.3. The number of nitrogens with one attached hydrogen (secondary N) is 1. The molecule has 0 aromatic rings. The maximum atomic E-state index is 13.3. The average Bonchev–Trinajstić information content (AvgIpc) is 2.78. The molecule has 0 bridgehead atoms. The van der Waals surface area contributed by atoms with Crippen LogP contribution in [0.25, 0.3) is 0 Å². The molecule has 16 heteroatoms. The van der Waals surface area contributed by atoms with E-state index in [0.717, 1.165) is 41.7 Å². The highest BCUT2D eigenvalue weighted by Gasteiger charge is 2.47. The van der Waals surface area contributed by atoms with Gasteiger partial charge in [-0.15, -0.1) is 0 Å². The highest BCUT2D eigenvalue weighted by atomic mass is 32.2. The molecule has 0 aliphatic heterocycles. The summed E-state index contributed by atoms with van der Waals surface area (Å²) in [6.45, 7) is 5.32. The van der Waals surface area contributed by atoms with Crippen molar-refractivity contribution in [2.24, 2.45) is 0 Å². The SMILES string of the molecule is COC(=O)[C@H](CSC(C)=O)NC(=O)[C@H](OC(C)=O)[C@@H](OC(C)=O)[C@H](OC(C)=O)[C@@H](COC(C)=O)OC(C)=O. The minimum atomic E-state index is -2.09. The van der Waals surface area contributed by atoms with Crippen molar-refractivity contribution in [3.63, 3.8) is 0 Å². The summed E-state index contributed by atoms with van der Waals surface area (Å²) < 4.78 is 30.0. The Hall–Kier alpha value is -3.69. The lowest BCUT2D eigenvalue weighted by atomic mass is 10.0. The van der Waals surface area contributed by atoms with E-state index in [-0.39, 0.29) is 10.9 Å². The normalized spacial score (nSPS) is 14.3. The van der Waals surface area contributed by atoms with E-state index in [0.29, 0.717) is 11.8 Å². The number of amides is 1. The second-order valence-electron chi connectivity index (χ2n) is 7.52. The summed E-state index contributed by atoms with van der Waals surface area (Å²) in [4.78, 5) is 95.7. The van der Waals surface area contributed by atoms with Gasteiger partial charge in [-0.1, -0.05) is 11.8 Å². The molecule has 0 rings (SSSR count). The molecule has 38 heavy (non-hydrogen) atoms. The van der Waals surface area contributed by atoms with E-state index >= 15 is 0 Å². The summed E-state index contributed by atoms with van der Waals surface area (Å²) >= 11 is 0.683. The largest absolute Gasteiger partial charge is 0.467 e. The number of hydrogen-bond donors (Lipinski definition) is 1. The predicted octanol–water partition coefficient (Wildman–Crippen LogP) is -0.786. The fourth-order valence-corrected chi connectivity index (χ4v) is 3.48. The molecular weight excluding hydrogens is 534 g/mol. The molecule has 0 heterocycles. The number of rotatable bonds is 14. The molecule has 1 N–H and O–H groups in total. The van der Waals surface area contributed by atoms with Gasteiger partial charge in [0, 0.05) is 47.3 Å². The summed E-state index contributed by atoms with van der Waals surface area (Å²) in [5.41, 5.74) is 0. The first-order valence-electron chi connectivity index (χ1n) is 10.9. The van der Waals surface area contributed by atoms with Crippen molar-refractivity contribution in [3.8, 4) is 0 Å². The Morgan fingerprint density at radius 3 is 1.61 bits per heavy atom. The van der Waals surface area contributed by atoms with E-state index in [2.05, 4.69) is 10.1 Å². The smallest absolute Gasteiger partial charge is 0.329 e. The summed E-state index contributed by atoms with van der Waals surface area (Å²) in [7, 11) is 1.03. The van der Waals surface area contributed by atoms with Gasteiger partial charge in [0.2, 0.25) is 6.10 Å². The summed E-state index contributed by atoms with van der Waals surface area (Å²) in [6, 6.07) is -1.42. The van der Waals surface area contributed by atoms with Crippen LogP contribution in [0.15, 0.2) is 0 Å². The summed E-state index contributed by atoms with van der Waals surface area (Å²) in [5.74, 6) is -7.29. The van der Waals surface area contributed by atoms with Crippen LogP contribution in [0, 0.1) is 0 Å². The minimum absolute atomic E-state index is 0.269. The molecule has 214 valence electrons. The Morgan fingerprint density at radius 2 is 1.18 bits per heavy atom. The Labute approximate surface area is 222 Å². The molecule has 0 aromatic carbocycles. The van der Waals surface area contributed by atoms with Gasteiger partial charge >= 0.3 is 35.8 Å². The first-order valence-corrected chi connectivity index (χ1v) is 11.9. The fraction of sp³-hybridized carbons (Fsp3) is 0.636. The highest BCUT2D eigenvalue weighted by Crippen LogP contribution is 2.21. The van der Waals surface area contributed by atoms with Gasteiger partial charge in [-0.3, -0.25) is 33.6 Å². The topological polar surface area (TPSA) is 204 Å². The molecule has 0 spiro atoms. The number of hydrogen-bond acceptors (Lipinski definition) is 15. The van der Waals surface area contributed by atoms with Crippen LogP contribution in [0.1, 0.15) is 41.5 Å². The molecular formula is C22H31NO14S. The number of esters is 6. The number of ether oxygens (including phenoxy) is 6. The second kappa shape index (κ2) is 16.9. The van der Waals surface area contributed by atoms with Gasteiger partial charge in [-0.2, -0.15) is 0 Å². The van der Waals surface area contributed by atoms with Gasteiger partial charge in [-0.25, -0.2) is 4.79 Å². The van der Waals surface area contributed by atoms with Crippen LogP contribution >= 0.6 is 11.8 Å². The first-order chi connectivity index (χ1) is 17.6. The number of methoxy groups -OCH3 is 1. The Kier molecular flexibility index (Phi) is 15.3. The van der Waals surface area contributed by atoms with Crippen LogP contribution in [0.2, 0.25) is 0 Å². The predicted molar refractivity (Wildman–Crippen MR) is 126 cm³/mol. The second-order valence-corrected chi connectivity index (χ2v) is 8.71. The Morgan fingerprint density at radius 1 is 0.684 bits per heavy atom. The molecule has 0 aromatic heterocycles.